The summed E-state index contributed by atoms with van der Waals surface area (Å²) in [7, 11) is 1.48. The average molecular weight is 261 g/mol. The molecule has 1 N–H and O–H groups in total. The Bertz CT molecular complexity index is 450. The number of rotatable bonds is 3. The number of esters is 1. The fourth-order valence-corrected chi connectivity index (χ4v) is 2.96. The standard InChI is InChI=1S/C16H23NO2/c1-11-6-7-12(2)14(9-11)15(16(18)19-3)13-5-4-8-17-10-13/h6-7,9,13,15,17H,4-5,8,10H2,1-3H3. The number of hydrogen-bond acceptors (Lipinski definition) is 3. The number of carbonyl (C=O) groups excluding carboxylic acids is 1. The highest BCUT2D eigenvalue weighted by molar-refractivity contribution is 5.79. The van der Waals surface area contributed by atoms with Gasteiger partial charge in [-0.1, -0.05) is 23.8 Å². The highest BCUT2D eigenvalue weighted by Crippen LogP contribution is 2.33. The lowest BCUT2D eigenvalue weighted by atomic mass is 9.79. The minimum Gasteiger partial charge on any atom is -0.469 e. The Kier molecular flexibility index (Phi) is 4.59. The number of methoxy groups -OCH3 is 1. The number of benzene rings is 1. The zero-order chi connectivity index (χ0) is 13.8. The van der Waals surface area contributed by atoms with Crippen molar-refractivity contribution in [3.63, 3.8) is 0 Å². The van der Waals surface area contributed by atoms with Gasteiger partial charge in [-0.25, -0.2) is 0 Å². The quantitative estimate of drug-likeness (QED) is 0.850. The number of hydrogen-bond donors (Lipinski definition) is 1. The third-order valence-corrected chi connectivity index (χ3v) is 4.03. The highest BCUT2D eigenvalue weighted by atomic mass is 16.5. The smallest absolute Gasteiger partial charge is 0.313 e. The van der Waals surface area contributed by atoms with Crippen LogP contribution in [0.25, 0.3) is 0 Å². The van der Waals surface area contributed by atoms with Crippen LogP contribution in [0.3, 0.4) is 0 Å². The summed E-state index contributed by atoms with van der Waals surface area (Å²) in [6.07, 6.45) is 2.21. The molecule has 0 spiro atoms. The van der Waals surface area contributed by atoms with Gasteiger partial charge in [-0.2, -0.15) is 0 Å². The number of carbonyl (C=O) groups is 1. The van der Waals surface area contributed by atoms with Crippen molar-refractivity contribution in [2.45, 2.75) is 32.6 Å². The van der Waals surface area contributed by atoms with Crippen molar-refractivity contribution in [2.24, 2.45) is 5.92 Å². The summed E-state index contributed by atoms with van der Waals surface area (Å²) >= 11 is 0. The predicted molar refractivity (Wildman–Crippen MR) is 76.3 cm³/mol. The second-order valence-corrected chi connectivity index (χ2v) is 5.47. The lowest BCUT2D eigenvalue weighted by Gasteiger charge is -2.30. The van der Waals surface area contributed by atoms with Crippen LogP contribution in [0.5, 0.6) is 0 Å². The molecule has 1 saturated heterocycles. The molecule has 0 amide bonds. The molecule has 19 heavy (non-hydrogen) atoms. The van der Waals surface area contributed by atoms with Crippen LogP contribution < -0.4 is 5.32 Å². The molecule has 3 heteroatoms. The van der Waals surface area contributed by atoms with Gasteiger partial charge >= 0.3 is 5.97 Å². The van der Waals surface area contributed by atoms with Crippen LogP contribution in [0.2, 0.25) is 0 Å². The van der Waals surface area contributed by atoms with E-state index in [1.165, 1.54) is 18.2 Å². The molecule has 1 aromatic rings. The largest absolute Gasteiger partial charge is 0.469 e. The summed E-state index contributed by atoms with van der Waals surface area (Å²) in [4.78, 5) is 12.2. The van der Waals surface area contributed by atoms with Crippen LogP contribution >= 0.6 is 0 Å². The Morgan fingerprint density at radius 1 is 1.42 bits per heavy atom. The molecule has 2 rings (SSSR count). The van der Waals surface area contributed by atoms with Crippen LogP contribution in [-0.2, 0) is 9.53 Å². The van der Waals surface area contributed by atoms with Crippen molar-refractivity contribution in [1.82, 2.24) is 5.32 Å². The number of ether oxygens (including phenoxy) is 1. The summed E-state index contributed by atoms with van der Waals surface area (Å²) in [6, 6.07) is 6.31. The van der Waals surface area contributed by atoms with E-state index in [0.717, 1.165) is 31.5 Å². The first-order chi connectivity index (χ1) is 9.13. The van der Waals surface area contributed by atoms with E-state index in [2.05, 4.69) is 37.4 Å². The van der Waals surface area contributed by atoms with E-state index in [9.17, 15) is 4.79 Å². The van der Waals surface area contributed by atoms with Gasteiger partial charge in [0.25, 0.3) is 0 Å². The van der Waals surface area contributed by atoms with Crippen LogP contribution in [0.4, 0.5) is 0 Å². The first-order valence-electron chi connectivity index (χ1n) is 6.99. The SMILES string of the molecule is COC(=O)C(c1cc(C)ccc1C)C1CCCNC1. The molecule has 0 bridgehead atoms. The molecule has 104 valence electrons. The topological polar surface area (TPSA) is 38.3 Å². The monoisotopic (exact) mass is 261 g/mol. The minimum absolute atomic E-state index is 0.109. The van der Waals surface area contributed by atoms with Gasteiger partial charge in [0.15, 0.2) is 0 Å². The maximum absolute atomic E-state index is 12.2. The predicted octanol–water partition coefficient (Wildman–Crippen LogP) is 2.56. The maximum Gasteiger partial charge on any atom is 0.313 e. The molecule has 1 aliphatic rings. The van der Waals surface area contributed by atoms with Crippen molar-refractivity contribution < 1.29 is 9.53 Å². The Labute approximate surface area is 115 Å². The Morgan fingerprint density at radius 2 is 2.21 bits per heavy atom. The van der Waals surface area contributed by atoms with Gasteiger partial charge in [-0.3, -0.25) is 4.79 Å². The van der Waals surface area contributed by atoms with Gasteiger partial charge in [0.2, 0.25) is 0 Å². The second kappa shape index (κ2) is 6.20. The summed E-state index contributed by atoms with van der Waals surface area (Å²) in [6.45, 7) is 6.09. The molecule has 0 aliphatic carbocycles. The molecule has 1 fully saturated rings. The Balaban J connectivity index is 2.36. The van der Waals surface area contributed by atoms with Gasteiger partial charge in [0.1, 0.15) is 0 Å². The van der Waals surface area contributed by atoms with Crippen molar-refractivity contribution in [3.8, 4) is 0 Å². The molecule has 1 aliphatic heterocycles. The average Bonchev–Trinajstić information content (AvgIpc) is 2.44. The van der Waals surface area contributed by atoms with Crippen molar-refractivity contribution >= 4 is 5.97 Å². The molecular formula is C16H23NO2. The zero-order valence-corrected chi connectivity index (χ0v) is 12.0. The molecule has 1 heterocycles. The summed E-state index contributed by atoms with van der Waals surface area (Å²) in [5, 5.41) is 3.39. The number of nitrogens with one attached hydrogen (secondary N) is 1. The van der Waals surface area contributed by atoms with Crippen molar-refractivity contribution in [3.05, 3.63) is 34.9 Å². The molecule has 0 aromatic heterocycles. The zero-order valence-electron chi connectivity index (χ0n) is 12.0. The van der Waals surface area contributed by atoms with E-state index in [1.54, 1.807) is 0 Å². The lowest BCUT2D eigenvalue weighted by molar-refractivity contribution is -0.144. The minimum atomic E-state index is -0.141. The van der Waals surface area contributed by atoms with Crippen LogP contribution in [0, 0.1) is 19.8 Å². The van der Waals surface area contributed by atoms with E-state index in [0.29, 0.717) is 5.92 Å². The second-order valence-electron chi connectivity index (χ2n) is 5.47. The Hall–Kier alpha value is -1.35. The van der Waals surface area contributed by atoms with Gasteiger partial charge in [-0.15, -0.1) is 0 Å². The van der Waals surface area contributed by atoms with E-state index in [1.807, 2.05) is 0 Å². The first-order valence-corrected chi connectivity index (χ1v) is 6.99. The first kappa shape index (κ1) is 14.1. The van der Waals surface area contributed by atoms with Gasteiger partial charge in [0.05, 0.1) is 13.0 Å². The molecule has 0 saturated carbocycles. The van der Waals surface area contributed by atoms with Crippen LogP contribution in [0.15, 0.2) is 18.2 Å². The molecule has 2 unspecified atom stereocenters. The normalized spacial score (nSPS) is 20.9. The molecule has 3 nitrogen and oxygen atoms in total. The van der Waals surface area contributed by atoms with Crippen LogP contribution in [-0.4, -0.2) is 26.2 Å². The summed E-state index contributed by atoms with van der Waals surface area (Å²) < 4.78 is 5.05. The Morgan fingerprint density at radius 3 is 2.84 bits per heavy atom. The van der Waals surface area contributed by atoms with Crippen molar-refractivity contribution in [1.29, 1.82) is 0 Å². The number of piperidine rings is 1. The lowest BCUT2D eigenvalue weighted by Crippen LogP contribution is -2.36. The highest BCUT2D eigenvalue weighted by Gasteiger charge is 2.32. The van der Waals surface area contributed by atoms with E-state index in [4.69, 9.17) is 4.74 Å². The molecule has 0 radical (unpaired) electrons. The fourth-order valence-electron chi connectivity index (χ4n) is 2.96. The molecular weight excluding hydrogens is 238 g/mol. The van der Waals surface area contributed by atoms with E-state index >= 15 is 0 Å². The number of aryl methyl sites for hydroxylation is 2. The van der Waals surface area contributed by atoms with E-state index in [-0.39, 0.29) is 11.9 Å². The maximum atomic E-state index is 12.2. The fraction of sp³-hybridized carbons (Fsp3) is 0.562. The van der Waals surface area contributed by atoms with Crippen LogP contribution in [0.1, 0.15) is 35.4 Å². The van der Waals surface area contributed by atoms with E-state index < -0.39 is 0 Å². The summed E-state index contributed by atoms with van der Waals surface area (Å²) in [5.41, 5.74) is 3.49. The molecule has 1 aromatic carbocycles. The van der Waals surface area contributed by atoms with Gasteiger partial charge < -0.3 is 10.1 Å². The van der Waals surface area contributed by atoms with Gasteiger partial charge in [-0.05, 0) is 56.8 Å². The van der Waals surface area contributed by atoms with Gasteiger partial charge in [0, 0.05) is 0 Å². The third kappa shape index (κ3) is 3.16. The van der Waals surface area contributed by atoms with Crippen molar-refractivity contribution in [2.75, 3.05) is 20.2 Å². The molecule has 2 atom stereocenters. The summed E-state index contributed by atoms with van der Waals surface area (Å²) in [5.74, 6) is 0.0850. The third-order valence-electron chi connectivity index (χ3n) is 4.03.